The lowest BCUT2D eigenvalue weighted by Gasteiger charge is -2.24. The molecule has 1 aromatic heterocycles. The van der Waals surface area contributed by atoms with Gasteiger partial charge in [0, 0.05) is 42.5 Å². The quantitative estimate of drug-likeness (QED) is 0.634. The first-order chi connectivity index (χ1) is 15.0. The molecule has 31 heavy (non-hydrogen) atoms. The van der Waals surface area contributed by atoms with E-state index < -0.39 is 0 Å². The Morgan fingerprint density at radius 2 is 2.19 bits per heavy atom. The highest BCUT2D eigenvalue weighted by molar-refractivity contribution is 7.95. The largest absolute Gasteiger partial charge is 0.481 e. The van der Waals surface area contributed by atoms with Gasteiger partial charge >= 0.3 is 6.03 Å². The van der Waals surface area contributed by atoms with Gasteiger partial charge in [-0.2, -0.15) is 0 Å². The van der Waals surface area contributed by atoms with Crippen LogP contribution in [-0.4, -0.2) is 60.6 Å². The standard InChI is InChI=1S/C23H31N5O2S/c1-27-13-5-7-18(27)15-28(2)31-26-23(29)25-22-19-8-4-6-16(19)9-10-20(22)17-11-12-24-21(14-17)30-3/h9-12,14,18H,4-8,13,15H2,1-3H3,(H2,25,26,29). The fraction of sp³-hybridized carbons (Fsp3) is 0.478. The second kappa shape index (κ2) is 9.89. The number of carbonyl (C=O) groups excluding carboxylic acids is 1. The molecule has 0 saturated carbocycles. The first-order valence-corrected chi connectivity index (χ1v) is 11.6. The zero-order valence-electron chi connectivity index (χ0n) is 18.5. The molecule has 1 aromatic carbocycles. The predicted molar refractivity (Wildman–Crippen MR) is 126 cm³/mol. The fourth-order valence-electron chi connectivity index (χ4n) is 4.54. The van der Waals surface area contributed by atoms with Crippen LogP contribution in [0.3, 0.4) is 0 Å². The van der Waals surface area contributed by atoms with Crippen molar-refractivity contribution in [2.75, 3.05) is 39.6 Å². The Bertz CT molecular complexity index is 938. The van der Waals surface area contributed by atoms with Crippen LogP contribution in [0.15, 0.2) is 30.5 Å². The van der Waals surface area contributed by atoms with E-state index in [1.807, 2.05) is 19.2 Å². The van der Waals surface area contributed by atoms with Gasteiger partial charge in [0.2, 0.25) is 5.88 Å². The summed E-state index contributed by atoms with van der Waals surface area (Å²) in [5.74, 6) is 0.558. The van der Waals surface area contributed by atoms with Gasteiger partial charge in [0.1, 0.15) is 0 Å². The van der Waals surface area contributed by atoms with E-state index in [0.29, 0.717) is 11.9 Å². The molecule has 4 rings (SSSR count). The molecular weight excluding hydrogens is 410 g/mol. The van der Waals surface area contributed by atoms with Crippen LogP contribution in [0.2, 0.25) is 0 Å². The van der Waals surface area contributed by atoms with Crippen molar-refractivity contribution < 1.29 is 9.53 Å². The van der Waals surface area contributed by atoms with Gasteiger partial charge in [0.25, 0.3) is 0 Å². The molecule has 2 aliphatic rings. The first kappa shape index (κ1) is 21.9. The van der Waals surface area contributed by atoms with Crippen LogP contribution in [0.1, 0.15) is 30.4 Å². The third kappa shape index (κ3) is 5.14. The molecule has 2 amide bonds. The number of nitrogens with zero attached hydrogens (tertiary/aromatic N) is 3. The lowest BCUT2D eigenvalue weighted by atomic mass is 9.98. The van der Waals surface area contributed by atoms with Crippen molar-refractivity contribution in [2.24, 2.45) is 0 Å². The summed E-state index contributed by atoms with van der Waals surface area (Å²) in [5.41, 5.74) is 5.40. The molecule has 1 fully saturated rings. The molecule has 0 bridgehead atoms. The third-order valence-corrected chi connectivity index (χ3v) is 6.95. The van der Waals surface area contributed by atoms with Gasteiger partial charge in [-0.1, -0.05) is 12.1 Å². The molecule has 2 aromatic rings. The molecular formula is C23H31N5O2S. The van der Waals surface area contributed by atoms with Crippen molar-refractivity contribution in [2.45, 2.75) is 38.1 Å². The molecule has 0 spiro atoms. The van der Waals surface area contributed by atoms with Crippen LogP contribution in [0.25, 0.3) is 11.1 Å². The number of ether oxygens (including phenoxy) is 1. The summed E-state index contributed by atoms with van der Waals surface area (Å²) in [4.78, 5) is 19.4. The predicted octanol–water partition coefficient (Wildman–Crippen LogP) is 3.96. The van der Waals surface area contributed by atoms with Crippen molar-refractivity contribution >= 4 is 23.9 Å². The summed E-state index contributed by atoms with van der Waals surface area (Å²) >= 11 is 1.35. The Hall–Kier alpha value is -2.29. The number of carbonyl (C=O) groups is 1. The summed E-state index contributed by atoms with van der Waals surface area (Å²) < 4.78 is 10.3. The van der Waals surface area contributed by atoms with E-state index >= 15 is 0 Å². The number of hydrogen-bond donors (Lipinski definition) is 2. The topological polar surface area (TPSA) is 69.7 Å². The van der Waals surface area contributed by atoms with Crippen LogP contribution < -0.4 is 14.8 Å². The molecule has 1 unspecified atom stereocenters. The lowest BCUT2D eigenvalue weighted by molar-refractivity contribution is 0.256. The normalized spacial score (nSPS) is 18.3. The summed E-state index contributed by atoms with van der Waals surface area (Å²) in [6.45, 7) is 2.07. The number of amides is 2. The molecule has 2 N–H and O–H groups in total. The SMILES string of the molecule is COc1cc(-c2ccc3c(c2NC(=O)NSN(C)CC2CCCN2C)CCC3)ccn1. The Morgan fingerprint density at radius 1 is 1.32 bits per heavy atom. The monoisotopic (exact) mass is 441 g/mol. The maximum atomic E-state index is 12.8. The molecule has 8 heteroatoms. The molecule has 1 saturated heterocycles. The Labute approximate surface area is 188 Å². The van der Waals surface area contributed by atoms with Crippen LogP contribution in [0.5, 0.6) is 5.88 Å². The average Bonchev–Trinajstić information content (AvgIpc) is 3.42. The molecule has 1 atom stereocenters. The number of benzene rings is 1. The molecule has 166 valence electrons. The van der Waals surface area contributed by atoms with Gasteiger partial charge in [0.05, 0.1) is 12.8 Å². The smallest absolute Gasteiger partial charge is 0.330 e. The van der Waals surface area contributed by atoms with Gasteiger partial charge in [-0.15, -0.1) is 0 Å². The fourth-order valence-corrected chi connectivity index (χ4v) is 5.08. The molecule has 1 aliphatic carbocycles. The van der Waals surface area contributed by atoms with E-state index in [4.69, 9.17) is 4.74 Å². The maximum absolute atomic E-state index is 12.8. The van der Waals surface area contributed by atoms with Gasteiger partial charge in [0.15, 0.2) is 0 Å². The summed E-state index contributed by atoms with van der Waals surface area (Å²) in [5, 5.41) is 3.14. The number of pyridine rings is 1. The van der Waals surface area contributed by atoms with E-state index in [1.165, 1.54) is 36.1 Å². The Balaban J connectivity index is 1.47. The van der Waals surface area contributed by atoms with Crippen LogP contribution >= 0.6 is 12.1 Å². The van der Waals surface area contributed by atoms with Crippen LogP contribution in [-0.2, 0) is 12.8 Å². The lowest BCUT2D eigenvalue weighted by Crippen LogP contribution is -2.36. The van der Waals surface area contributed by atoms with E-state index in [9.17, 15) is 4.79 Å². The molecule has 0 radical (unpaired) electrons. The van der Waals surface area contributed by atoms with E-state index in [1.54, 1.807) is 13.3 Å². The summed E-state index contributed by atoms with van der Waals surface area (Å²) in [7, 11) is 5.80. The molecule has 2 heterocycles. The van der Waals surface area contributed by atoms with Crippen LogP contribution in [0, 0.1) is 0 Å². The maximum Gasteiger partial charge on any atom is 0.330 e. The number of rotatable bonds is 7. The van der Waals surface area contributed by atoms with Crippen molar-refractivity contribution in [3.8, 4) is 17.0 Å². The number of methoxy groups -OCH3 is 1. The number of likely N-dealkylation sites (tertiary alicyclic amines) is 1. The first-order valence-electron chi connectivity index (χ1n) is 10.9. The zero-order chi connectivity index (χ0) is 21.8. The minimum Gasteiger partial charge on any atom is -0.481 e. The van der Waals surface area contributed by atoms with Gasteiger partial charge < -0.3 is 15.0 Å². The number of urea groups is 1. The van der Waals surface area contributed by atoms with Crippen LogP contribution in [0.4, 0.5) is 10.5 Å². The van der Waals surface area contributed by atoms with Crippen molar-refractivity contribution in [1.29, 1.82) is 0 Å². The number of aromatic nitrogens is 1. The van der Waals surface area contributed by atoms with Gasteiger partial charge in [-0.3, -0.25) is 4.72 Å². The summed E-state index contributed by atoms with van der Waals surface area (Å²) in [6, 6.07) is 8.45. The molecule has 7 nitrogen and oxygen atoms in total. The highest BCUT2D eigenvalue weighted by Gasteiger charge is 2.23. The van der Waals surface area contributed by atoms with E-state index in [2.05, 4.69) is 43.4 Å². The van der Waals surface area contributed by atoms with Gasteiger partial charge in [-0.05, 0) is 75.5 Å². The average molecular weight is 442 g/mol. The number of fused-ring (bicyclic) bond motifs is 1. The second-order valence-electron chi connectivity index (χ2n) is 8.30. The Morgan fingerprint density at radius 3 is 2.97 bits per heavy atom. The highest BCUT2D eigenvalue weighted by atomic mass is 32.2. The zero-order valence-corrected chi connectivity index (χ0v) is 19.3. The van der Waals surface area contributed by atoms with E-state index in [-0.39, 0.29) is 6.03 Å². The minimum absolute atomic E-state index is 0.209. The third-order valence-electron chi connectivity index (χ3n) is 6.21. The minimum atomic E-state index is -0.209. The second-order valence-corrected chi connectivity index (χ2v) is 9.31. The number of anilines is 1. The summed E-state index contributed by atoms with van der Waals surface area (Å²) in [6.07, 6.45) is 7.33. The van der Waals surface area contributed by atoms with Crippen molar-refractivity contribution in [3.05, 3.63) is 41.6 Å². The highest BCUT2D eigenvalue weighted by Crippen LogP contribution is 2.38. The Kier molecular flexibility index (Phi) is 6.99. The number of likely N-dealkylation sites (N-methyl/N-ethyl adjacent to an activating group) is 2. The van der Waals surface area contributed by atoms with Crippen molar-refractivity contribution in [1.82, 2.24) is 18.9 Å². The van der Waals surface area contributed by atoms with Gasteiger partial charge in [-0.25, -0.2) is 14.1 Å². The number of nitrogens with one attached hydrogen (secondary N) is 2. The van der Waals surface area contributed by atoms with E-state index in [0.717, 1.165) is 49.2 Å². The molecule has 1 aliphatic heterocycles. The number of aryl methyl sites for hydroxylation is 1. The number of hydrogen-bond acceptors (Lipinski definition) is 6. The van der Waals surface area contributed by atoms with Crippen molar-refractivity contribution in [3.63, 3.8) is 0 Å².